The first-order valence-electron chi connectivity index (χ1n) is 6.48. The highest BCUT2D eigenvalue weighted by molar-refractivity contribution is 5.96. The molecular weight excluding hydrogens is 258 g/mol. The van der Waals surface area contributed by atoms with Gasteiger partial charge in [-0.3, -0.25) is 0 Å². The standard InChI is InChI=1S/C15H19NO4/c1-15(2,3)20-7-6-19-12-9-11(14(17)18)8-10-4-5-16-13(10)12/h4-5,8-9,16H,6-7H2,1-3H3,(H,17,18). The van der Waals surface area contributed by atoms with E-state index in [1.807, 2.05) is 26.8 Å². The highest BCUT2D eigenvalue weighted by Crippen LogP contribution is 2.26. The highest BCUT2D eigenvalue weighted by Gasteiger charge is 2.12. The molecule has 0 unspecified atom stereocenters. The topological polar surface area (TPSA) is 71.6 Å². The van der Waals surface area contributed by atoms with Crippen molar-refractivity contribution in [2.45, 2.75) is 26.4 Å². The average molecular weight is 277 g/mol. The number of nitrogens with one attached hydrogen (secondary N) is 1. The van der Waals surface area contributed by atoms with Crippen LogP contribution < -0.4 is 4.74 Å². The molecule has 0 saturated heterocycles. The van der Waals surface area contributed by atoms with Gasteiger partial charge in [0, 0.05) is 11.6 Å². The lowest BCUT2D eigenvalue weighted by Gasteiger charge is -2.19. The number of carboxylic acid groups (broad SMARTS) is 1. The van der Waals surface area contributed by atoms with Gasteiger partial charge in [-0.15, -0.1) is 0 Å². The van der Waals surface area contributed by atoms with Crippen LogP contribution in [-0.4, -0.2) is 34.9 Å². The van der Waals surface area contributed by atoms with Crippen LogP contribution in [0.3, 0.4) is 0 Å². The smallest absolute Gasteiger partial charge is 0.335 e. The van der Waals surface area contributed by atoms with Gasteiger partial charge in [0.2, 0.25) is 0 Å². The van der Waals surface area contributed by atoms with Gasteiger partial charge in [-0.2, -0.15) is 0 Å². The minimum atomic E-state index is -0.969. The van der Waals surface area contributed by atoms with Crippen LogP contribution >= 0.6 is 0 Å². The van der Waals surface area contributed by atoms with Gasteiger partial charge in [-0.05, 0) is 39.0 Å². The molecule has 1 aromatic carbocycles. The third-order valence-corrected chi connectivity index (χ3v) is 2.75. The first-order valence-corrected chi connectivity index (χ1v) is 6.48. The fourth-order valence-corrected chi connectivity index (χ4v) is 1.87. The molecule has 0 atom stereocenters. The molecule has 0 bridgehead atoms. The van der Waals surface area contributed by atoms with E-state index in [0.29, 0.717) is 19.0 Å². The first kappa shape index (κ1) is 14.4. The van der Waals surface area contributed by atoms with Crippen LogP contribution in [-0.2, 0) is 4.74 Å². The number of ether oxygens (including phenoxy) is 2. The maximum absolute atomic E-state index is 11.1. The Morgan fingerprint density at radius 1 is 1.30 bits per heavy atom. The van der Waals surface area contributed by atoms with Crippen LogP contribution in [0.1, 0.15) is 31.1 Å². The molecule has 0 aliphatic heterocycles. The van der Waals surface area contributed by atoms with E-state index in [1.165, 1.54) is 6.07 Å². The van der Waals surface area contributed by atoms with Crippen LogP contribution in [0, 0.1) is 0 Å². The molecule has 5 nitrogen and oxygen atoms in total. The summed E-state index contributed by atoms with van der Waals surface area (Å²) >= 11 is 0. The van der Waals surface area contributed by atoms with Gasteiger partial charge < -0.3 is 19.6 Å². The van der Waals surface area contributed by atoms with E-state index in [0.717, 1.165) is 10.9 Å². The molecule has 1 aromatic heterocycles. The zero-order valence-corrected chi connectivity index (χ0v) is 11.9. The molecule has 0 spiro atoms. The second-order valence-corrected chi connectivity index (χ2v) is 5.53. The maximum Gasteiger partial charge on any atom is 0.335 e. The van der Waals surface area contributed by atoms with Crippen LogP contribution in [0.25, 0.3) is 10.9 Å². The molecule has 2 rings (SSSR count). The van der Waals surface area contributed by atoms with Gasteiger partial charge in [0.15, 0.2) is 0 Å². The largest absolute Gasteiger partial charge is 0.489 e. The summed E-state index contributed by atoms with van der Waals surface area (Å²) in [4.78, 5) is 14.1. The van der Waals surface area contributed by atoms with Crippen molar-refractivity contribution in [3.05, 3.63) is 30.0 Å². The predicted molar refractivity (Wildman–Crippen MR) is 76.5 cm³/mol. The third-order valence-electron chi connectivity index (χ3n) is 2.75. The van der Waals surface area contributed by atoms with Gasteiger partial charge in [0.1, 0.15) is 12.4 Å². The molecule has 5 heteroatoms. The van der Waals surface area contributed by atoms with Crippen molar-refractivity contribution in [1.29, 1.82) is 0 Å². The van der Waals surface area contributed by atoms with Crippen molar-refractivity contribution in [2.24, 2.45) is 0 Å². The number of aromatic nitrogens is 1. The Hall–Kier alpha value is -2.01. The summed E-state index contributed by atoms with van der Waals surface area (Å²) in [6.07, 6.45) is 1.76. The van der Waals surface area contributed by atoms with Crippen LogP contribution in [0.2, 0.25) is 0 Å². The zero-order valence-electron chi connectivity index (χ0n) is 11.9. The monoisotopic (exact) mass is 277 g/mol. The van der Waals surface area contributed by atoms with E-state index in [9.17, 15) is 4.79 Å². The Balaban J connectivity index is 2.12. The fourth-order valence-electron chi connectivity index (χ4n) is 1.87. The average Bonchev–Trinajstić information content (AvgIpc) is 2.81. The number of aromatic carboxylic acids is 1. The van der Waals surface area contributed by atoms with Gasteiger partial charge in [-0.1, -0.05) is 0 Å². The van der Waals surface area contributed by atoms with Crippen LogP contribution in [0.15, 0.2) is 24.4 Å². The third kappa shape index (κ3) is 3.51. The van der Waals surface area contributed by atoms with E-state index < -0.39 is 5.97 Å². The SMILES string of the molecule is CC(C)(C)OCCOc1cc(C(=O)O)cc2cc[nH]c12. The summed E-state index contributed by atoms with van der Waals surface area (Å²) in [5.74, 6) is -0.439. The molecule has 20 heavy (non-hydrogen) atoms. The zero-order chi connectivity index (χ0) is 14.8. The maximum atomic E-state index is 11.1. The Bertz CT molecular complexity index is 610. The molecule has 0 aliphatic rings. The quantitative estimate of drug-likeness (QED) is 0.824. The lowest BCUT2D eigenvalue weighted by molar-refractivity contribution is -0.0161. The predicted octanol–water partition coefficient (Wildman–Crippen LogP) is 3.06. The van der Waals surface area contributed by atoms with Gasteiger partial charge in [-0.25, -0.2) is 4.79 Å². The number of rotatable bonds is 5. The van der Waals surface area contributed by atoms with Gasteiger partial charge in [0.25, 0.3) is 0 Å². The van der Waals surface area contributed by atoms with E-state index in [4.69, 9.17) is 14.6 Å². The number of hydrogen-bond acceptors (Lipinski definition) is 3. The summed E-state index contributed by atoms with van der Waals surface area (Å²) < 4.78 is 11.2. The van der Waals surface area contributed by atoms with Crippen molar-refractivity contribution in [3.63, 3.8) is 0 Å². The Morgan fingerprint density at radius 3 is 2.70 bits per heavy atom. The summed E-state index contributed by atoms with van der Waals surface area (Å²) in [5, 5.41) is 9.91. The molecule has 108 valence electrons. The van der Waals surface area contributed by atoms with Gasteiger partial charge in [0.05, 0.1) is 23.3 Å². The van der Waals surface area contributed by atoms with E-state index >= 15 is 0 Å². The lowest BCUT2D eigenvalue weighted by atomic mass is 10.1. The number of aromatic amines is 1. The molecule has 0 fully saturated rings. The lowest BCUT2D eigenvalue weighted by Crippen LogP contribution is -2.22. The number of carboxylic acids is 1. The molecule has 2 N–H and O–H groups in total. The van der Waals surface area contributed by atoms with Crippen molar-refractivity contribution in [1.82, 2.24) is 4.98 Å². The molecule has 0 aliphatic carbocycles. The van der Waals surface area contributed by atoms with E-state index in [-0.39, 0.29) is 11.2 Å². The van der Waals surface area contributed by atoms with Crippen molar-refractivity contribution >= 4 is 16.9 Å². The summed E-state index contributed by atoms with van der Waals surface area (Å²) in [6, 6.07) is 4.96. The van der Waals surface area contributed by atoms with Crippen molar-refractivity contribution in [3.8, 4) is 5.75 Å². The number of fused-ring (bicyclic) bond motifs is 1. The minimum Gasteiger partial charge on any atom is -0.489 e. The van der Waals surface area contributed by atoms with Crippen LogP contribution in [0.4, 0.5) is 0 Å². The van der Waals surface area contributed by atoms with E-state index in [2.05, 4.69) is 4.98 Å². The molecule has 0 saturated carbocycles. The first-order chi connectivity index (χ1) is 9.37. The minimum absolute atomic E-state index is 0.212. The number of benzene rings is 1. The highest BCUT2D eigenvalue weighted by atomic mass is 16.5. The number of carbonyl (C=O) groups is 1. The van der Waals surface area contributed by atoms with Crippen LogP contribution in [0.5, 0.6) is 5.75 Å². The normalized spacial score (nSPS) is 11.8. The molecule has 0 radical (unpaired) electrons. The number of H-pyrrole nitrogens is 1. The number of hydrogen-bond donors (Lipinski definition) is 2. The Labute approximate surface area is 117 Å². The summed E-state index contributed by atoms with van der Waals surface area (Å²) in [7, 11) is 0. The van der Waals surface area contributed by atoms with Crippen molar-refractivity contribution in [2.75, 3.05) is 13.2 Å². The van der Waals surface area contributed by atoms with E-state index in [1.54, 1.807) is 12.3 Å². The second-order valence-electron chi connectivity index (χ2n) is 5.53. The second kappa shape index (κ2) is 5.54. The van der Waals surface area contributed by atoms with Crippen molar-refractivity contribution < 1.29 is 19.4 Å². The Kier molecular flexibility index (Phi) is 3.99. The molecule has 2 aromatic rings. The summed E-state index contributed by atoms with van der Waals surface area (Å²) in [6.45, 7) is 6.74. The Morgan fingerprint density at radius 2 is 2.05 bits per heavy atom. The molecule has 1 heterocycles. The molecular formula is C15H19NO4. The summed E-state index contributed by atoms with van der Waals surface area (Å²) in [5.41, 5.74) is 0.795. The van der Waals surface area contributed by atoms with Gasteiger partial charge >= 0.3 is 5.97 Å². The fraction of sp³-hybridized carbons (Fsp3) is 0.400. The molecule has 0 amide bonds.